The quantitative estimate of drug-likeness (QED) is 0.180. The Kier molecular flexibility index (Phi) is 6.95. The number of anilines is 3. The van der Waals surface area contributed by atoms with Gasteiger partial charge in [0, 0.05) is 40.4 Å². The second kappa shape index (κ2) is 11.5. The maximum absolute atomic E-state index is 14.2. The molecule has 3 atom stereocenters. The fourth-order valence-corrected chi connectivity index (χ4v) is 9.81. The molecule has 0 aromatic heterocycles. The first-order chi connectivity index (χ1) is 23.1. The van der Waals surface area contributed by atoms with Crippen LogP contribution in [0.25, 0.3) is 27.8 Å². The lowest BCUT2D eigenvalue weighted by Crippen LogP contribution is -2.29. The topological polar surface area (TPSA) is 49.4 Å². The first kappa shape index (κ1) is 28.4. The molecule has 6 aromatic rings. The molecule has 3 aliphatic rings. The van der Waals surface area contributed by atoms with Crippen LogP contribution >= 0.6 is 0 Å². The number of allylic oxidation sites excluding steroid dienone is 4. The lowest BCUT2D eigenvalue weighted by molar-refractivity contribution is 0.589. The smallest absolute Gasteiger partial charge is 0.187 e. The maximum atomic E-state index is 14.2. The van der Waals surface area contributed by atoms with E-state index in [4.69, 9.17) is 0 Å². The van der Waals surface area contributed by atoms with Crippen LogP contribution < -0.4 is 4.90 Å². The summed E-state index contributed by atoms with van der Waals surface area (Å²) in [5.74, 6) is 0.356. The van der Waals surface area contributed by atoms with Gasteiger partial charge in [0.2, 0.25) is 0 Å². The van der Waals surface area contributed by atoms with E-state index in [1.54, 1.807) is 0 Å². The molecule has 5 heteroatoms. The van der Waals surface area contributed by atoms with Crippen molar-refractivity contribution in [1.29, 1.82) is 0 Å². The van der Waals surface area contributed by atoms with Crippen molar-refractivity contribution >= 4 is 45.0 Å². The van der Waals surface area contributed by atoms with Gasteiger partial charge in [0.15, 0.2) is 25.3 Å². The molecule has 0 spiro atoms. The van der Waals surface area contributed by atoms with Crippen LogP contribution in [0.3, 0.4) is 0 Å². The minimum absolute atomic E-state index is 0.356. The number of rotatable bonds is 4. The summed E-state index contributed by atoms with van der Waals surface area (Å²) < 4.78 is 28.3. The van der Waals surface area contributed by atoms with Crippen LogP contribution in [0.1, 0.15) is 23.5 Å². The molecule has 0 saturated carbocycles. The lowest BCUT2D eigenvalue weighted by atomic mass is 9.88. The number of benzene rings is 6. The van der Waals surface area contributed by atoms with Crippen molar-refractivity contribution in [3.8, 4) is 22.3 Å². The van der Waals surface area contributed by atoms with Crippen molar-refractivity contribution < 1.29 is 9.11 Å². The highest BCUT2D eigenvalue weighted by molar-refractivity contribution is 7.93. The van der Waals surface area contributed by atoms with E-state index >= 15 is 0 Å². The molecule has 226 valence electrons. The van der Waals surface area contributed by atoms with Gasteiger partial charge >= 0.3 is 0 Å². The van der Waals surface area contributed by atoms with Gasteiger partial charge in [-0.2, -0.15) is 0 Å². The van der Waals surface area contributed by atoms with Crippen molar-refractivity contribution in [2.45, 2.75) is 31.9 Å². The van der Waals surface area contributed by atoms with Crippen molar-refractivity contribution in [2.75, 3.05) is 4.90 Å². The van der Waals surface area contributed by atoms with Gasteiger partial charge < -0.3 is 9.11 Å². The Balaban J connectivity index is 1.09. The van der Waals surface area contributed by atoms with Gasteiger partial charge in [0.25, 0.3) is 0 Å². The van der Waals surface area contributed by atoms with E-state index in [-0.39, 0.29) is 0 Å². The fourth-order valence-electron chi connectivity index (χ4n) is 6.95. The average molecular weight is 644 g/mol. The largest absolute Gasteiger partial charge is 0.606 e. The van der Waals surface area contributed by atoms with Gasteiger partial charge in [0.05, 0.1) is 0 Å². The van der Waals surface area contributed by atoms with Crippen LogP contribution in [-0.2, 0) is 22.4 Å². The lowest BCUT2D eigenvalue weighted by Gasteiger charge is -2.37. The minimum atomic E-state index is -1.42. The number of hydrogen-bond acceptors (Lipinski definition) is 3. The SMILES string of the molecule is [O-][S+]1c2cc(C3=CCC(c4ccccc4)C=C3)ccc2N2c3ccc(-c4ccc(-c5ccccc5)cc4)cc3[S+]([O-])c3cccc1c32. The Morgan fingerprint density at radius 3 is 1.66 bits per heavy atom. The molecule has 0 radical (unpaired) electrons. The van der Waals surface area contributed by atoms with Gasteiger partial charge in [-0.15, -0.1) is 0 Å². The van der Waals surface area contributed by atoms with Crippen molar-refractivity contribution in [1.82, 2.24) is 0 Å². The standard InChI is InChI=1S/C42H29NO2S2/c44-46-38-12-7-13-39-42(38)43(36-24-22-34(26-40(36)46)32-18-14-30(15-19-32)28-8-3-1-4-9-28)37-25-23-35(27-41(37)47(39)45)33-20-16-31(17-21-33)29-10-5-2-6-11-29/h1-16,18-27,31H,17H2. The highest BCUT2D eigenvalue weighted by atomic mass is 32.2. The van der Waals surface area contributed by atoms with E-state index in [0.717, 1.165) is 61.1 Å². The number of para-hydroxylation sites is 1. The van der Waals surface area contributed by atoms with E-state index in [1.165, 1.54) is 11.1 Å². The summed E-state index contributed by atoms with van der Waals surface area (Å²) in [5, 5.41) is 0. The molecule has 0 amide bonds. The second-order valence-electron chi connectivity index (χ2n) is 12.1. The third-order valence-corrected chi connectivity index (χ3v) is 12.3. The Labute approximate surface area is 280 Å². The van der Waals surface area contributed by atoms with Crippen molar-refractivity contribution in [2.24, 2.45) is 0 Å². The van der Waals surface area contributed by atoms with Gasteiger partial charge in [-0.25, -0.2) is 0 Å². The number of fused-ring (bicyclic) bond motifs is 4. The number of nitrogens with zero attached hydrogens (tertiary/aromatic N) is 1. The summed E-state index contributed by atoms with van der Waals surface area (Å²) in [6, 6.07) is 47.6. The molecule has 3 unspecified atom stereocenters. The van der Waals surface area contributed by atoms with Gasteiger partial charge in [-0.3, -0.25) is 4.90 Å². The molecule has 0 N–H and O–H groups in total. The minimum Gasteiger partial charge on any atom is -0.606 e. The number of hydrogen-bond donors (Lipinski definition) is 0. The van der Waals surface area contributed by atoms with E-state index in [2.05, 4.69) is 120 Å². The Hall–Kier alpha value is -4.78. The molecular weight excluding hydrogens is 615 g/mol. The van der Waals surface area contributed by atoms with Crippen LogP contribution in [0, 0.1) is 0 Å². The Morgan fingerprint density at radius 1 is 0.511 bits per heavy atom. The third kappa shape index (κ3) is 4.78. The highest BCUT2D eigenvalue weighted by Gasteiger charge is 2.45. The summed E-state index contributed by atoms with van der Waals surface area (Å²) in [5.41, 5.74) is 10.4. The molecular formula is C42H29NO2S2. The summed E-state index contributed by atoms with van der Waals surface area (Å²) in [4.78, 5) is 5.09. The van der Waals surface area contributed by atoms with Crippen LogP contribution in [0.2, 0.25) is 0 Å². The van der Waals surface area contributed by atoms with Crippen molar-refractivity contribution in [3.63, 3.8) is 0 Å². The van der Waals surface area contributed by atoms with E-state index in [0.29, 0.717) is 15.7 Å². The molecule has 1 aliphatic carbocycles. The fraction of sp³-hybridized carbons (Fsp3) is 0.0476. The maximum Gasteiger partial charge on any atom is 0.187 e. The zero-order chi connectivity index (χ0) is 31.5. The van der Waals surface area contributed by atoms with Crippen LogP contribution in [0.15, 0.2) is 177 Å². The molecule has 2 aliphatic heterocycles. The average Bonchev–Trinajstić information content (AvgIpc) is 3.15. The van der Waals surface area contributed by atoms with Crippen molar-refractivity contribution in [3.05, 3.63) is 169 Å². The molecule has 6 aromatic carbocycles. The van der Waals surface area contributed by atoms with E-state index in [1.807, 2.05) is 42.5 Å². The van der Waals surface area contributed by atoms with Gasteiger partial charge in [-0.05, 0) is 69.6 Å². The van der Waals surface area contributed by atoms with Crippen LogP contribution in [0.4, 0.5) is 17.1 Å². The highest BCUT2D eigenvalue weighted by Crippen LogP contribution is 2.56. The Bertz CT molecular complexity index is 2210. The summed E-state index contributed by atoms with van der Waals surface area (Å²) in [7, 11) is 0. The normalized spacial score (nSPS) is 19.0. The van der Waals surface area contributed by atoms with Gasteiger partial charge in [0.1, 0.15) is 11.4 Å². The van der Waals surface area contributed by atoms with Crippen LogP contribution in [-0.4, -0.2) is 9.11 Å². The molecule has 9 rings (SSSR count). The zero-order valence-corrected chi connectivity index (χ0v) is 27.0. The summed E-state index contributed by atoms with van der Waals surface area (Å²) >= 11 is -2.83. The van der Waals surface area contributed by atoms with Crippen LogP contribution in [0.5, 0.6) is 0 Å². The van der Waals surface area contributed by atoms with Gasteiger partial charge in [-0.1, -0.05) is 121 Å². The molecule has 3 nitrogen and oxygen atoms in total. The first-order valence-corrected chi connectivity index (χ1v) is 18.1. The summed E-state index contributed by atoms with van der Waals surface area (Å²) in [6.07, 6.45) is 7.66. The second-order valence-corrected chi connectivity index (χ2v) is 14.9. The summed E-state index contributed by atoms with van der Waals surface area (Å²) in [6.45, 7) is 0. The van der Waals surface area contributed by atoms with E-state index < -0.39 is 22.4 Å². The zero-order valence-electron chi connectivity index (χ0n) is 25.4. The molecule has 2 heterocycles. The monoisotopic (exact) mass is 643 g/mol. The first-order valence-electron chi connectivity index (χ1n) is 15.8. The molecule has 0 saturated heterocycles. The van der Waals surface area contributed by atoms with E-state index in [9.17, 15) is 9.11 Å². The third-order valence-electron chi connectivity index (χ3n) is 9.37. The predicted octanol–water partition coefficient (Wildman–Crippen LogP) is 10.6. The molecule has 47 heavy (non-hydrogen) atoms. The molecule has 0 fully saturated rings. The predicted molar refractivity (Wildman–Crippen MR) is 192 cm³/mol. The molecule has 0 bridgehead atoms. The Morgan fingerprint density at radius 2 is 1.04 bits per heavy atom.